The number of hydrogen-bond acceptors (Lipinski definition) is 4. The number of benzene rings is 1. The molecule has 1 unspecified atom stereocenters. The van der Waals surface area contributed by atoms with E-state index in [1.54, 1.807) is 0 Å². The predicted octanol–water partition coefficient (Wildman–Crippen LogP) is 1.90. The van der Waals surface area contributed by atoms with E-state index in [4.69, 9.17) is 4.74 Å². The van der Waals surface area contributed by atoms with Gasteiger partial charge in [-0.05, 0) is 37.9 Å². The van der Waals surface area contributed by atoms with E-state index in [-0.39, 0.29) is 5.97 Å². The zero-order valence-electron chi connectivity index (χ0n) is 12.5. The first-order valence-electron chi connectivity index (χ1n) is 7.97. The molecule has 0 amide bonds. The molecular weight excluding hydrogens is 264 g/mol. The van der Waals surface area contributed by atoms with Crippen molar-refractivity contribution in [2.45, 2.75) is 31.9 Å². The maximum absolute atomic E-state index is 11.9. The SMILES string of the molecule is O=C(CN1CCC(N2CCCC2)C1)OCc1ccccc1. The van der Waals surface area contributed by atoms with Gasteiger partial charge in [-0.1, -0.05) is 30.3 Å². The van der Waals surface area contributed by atoms with Crippen LogP contribution in [0, 0.1) is 0 Å². The van der Waals surface area contributed by atoms with Crippen molar-refractivity contribution < 1.29 is 9.53 Å². The molecule has 2 heterocycles. The van der Waals surface area contributed by atoms with Crippen molar-refractivity contribution in [3.63, 3.8) is 0 Å². The third kappa shape index (κ3) is 4.05. The summed E-state index contributed by atoms with van der Waals surface area (Å²) in [6.07, 6.45) is 3.84. The van der Waals surface area contributed by atoms with Crippen LogP contribution in [0.5, 0.6) is 0 Å². The third-order valence-electron chi connectivity index (χ3n) is 4.50. The molecule has 0 radical (unpaired) electrons. The standard InChI is InChI=1S/C17H24N2O2/c20-17(21-14-15-6-2-1-3-7-15)13-18-11-8-16(12-18)19-9-4-5-10-19/h1-3,6-7,16H,4-5,8-14H2. The quantitative estimate of drug-likeness (QED) is 0.775. The first kappa shape index (κ1) is 14.5. The second-order valence-corrected chi connectivity index (χ2v) is 6.07. The normalized spacial score (nSPS) is 23.5. The highest BCUT2D eigenvalue weighted by Gasteiger charge is 2.30. The molecule has 4 heteroatoms. The zero-order chi connectivity index (χ0) is 14.5. The second-order valence-electron chi connectivity index (χ2n) is 6.07. The van der Waals surface area contributed by atoms with Gasteiger partial charge in [0, 0.05) is 19.1 Å². The summed E-state index contributed by atoms with van der Waals surface area (Å²) in [6.45, 7) is 5.30. The molecule has 3 rings (SSSR count). The average Bonchev–Trinajstić information content (AvgIpc) is 3.17. The van der Waals surface area contributed by atoms with Crippen molar-refractivity contribution in [1.29, 1.82) is 0 Å². The Morgan fingerprint density at radius 2 is 1.90 bits per heavy atom. The van der Waals surface area contributed by atoms with Crippen LogP contribution in [-0.4, -0.2) is 54.5 Å². The fourth-order valence-corrected chi connectivity index (χ4v) is 3.33. The number of carbonyl (C=O) groups is 1. The molecule has 2 saturated heterocycles. The maximum atomic E-state index is 11.9. The number of rotatable bonds is 5. The number of carbonyl (C=O) groups excluding carboxylic acids is 1. The van der Waals surface area contributed by atoms with Gasteiger partial charge in [-0.15, -0.1) is 0 Å². The minimum atomic E-state index is -0.110. The first-order chi connectivity index (χ1) is 10.3. The molecule has 2 aliphatic heterocycles. The summed E-state index contributed by atoms with van der Waals surface area (Å²) in [6, 6.07) is 10.5. The van der Waals surface area contributed by atoms with Crippen LogP contribution in [0.2, 0.25) is 0 Å². The van der Waals surface area contributed by atoms with E-state index < -0.39 is 0 Å². The predicted molar refractivity (Wildman–Crippen MR) is 81.9 cm³/mol. The molecule has 0 spiro atoms. The molecule has 0 aliphatic carbocycles. The molecule has 1 atom stereocenters. The van der Waals surface area contributed by atoms with Gasteiger partial charge in [0.05, 0.1) is 6.54 Å². The fraction of sp³-hybridized carbons (Fsp3) is 0.588. The summed E-state index contributed by atoms with van der Waals surface area (Å²) in [5.74, 6) is -0.110. The van der Waals surface area contributed by atoms with E-state index >= 15 is 0 Å². The number of hydrogen-bond donors (Lipinski definition) is 0. The highest BCUT2D eigenvalue weighted by Crippen LogP contribution is 2.20. The average molecular weight is 288 g/mol. The van der Waals surface area contributed by atoms with Crippen LogP contribution in [0.15, 0.2) is 30.3 Å². The van der Waals surface area contributed by atoms with Crippen LogP contribution >= 0.6 is 0 Å². The minimum absolute atomic E-state index is 0.110. The molecule has 4 nitrogen and oxygen atoms in total. The van der Waals surface area contributed by atoms with E-state index in [9.17, 15) is 4.79 Å². The third-order valence-corrected chi connectivity index (χ3v) is 4.50. The van der Waals surface area contributed by atoms with Crippen molar-refractivity contribution in [2.24, 2.45) is 0 Å². The van der Waals surface area contributed by atoms with Gasteiger partial charge < -0.3 is 4.74 Å². The summed E-state index contributed by atoms with van der Waals surface area (Å²) in [5, 5.41) is 0. The summed E-state index contributed by atoms with van der Waals surface area (Å²) >= 11 is 0. The molecule has 21 heavy (non-hydrogen) atoms. The van der Waals surface area contributed by atoms with Gasteiger partial charge in [0.25, 0.3) is 0 Å². The molecular formula is C17H24N2O2. The summed E-state index contributed by atoms with van der Waals surface area (Å²) in [4.78, 5) is 16.7. The van der Waals surface area contributed by atoms with Crippen molar-refractivity contribution in [2.75, 3.05) is 32.7 Å². The van der Waals surface area contributed by atoms with Gasteiger partial charge in [0.15, 0.2) is 0 Å². The molecule has 1 aromatic carbocycles. The monoisotopic (exact) mass is 288 g/mol. The van der Waals surface area contributed by atoms with E-state index in [1.165, 1.54) is 32.4 Å². The van der Waals surface area contributed by atoms with Crippen LogP contribution in [-0.2, 0) is 16.1 Å². The lowest BCUT2D eigenvalue weighted by Gasteiger charge is -2.23. The van der Waals surface area contributed by atoms with Crippen molar-refractivity contribution >= 4 is 5.97 Å². The molecule has 0 N–H and O–H groups in total. The molecule has 2 fully saturated rings. The van der Waals surface area contributed by atoms with E-state index in [1.807, 2.05) is 30.3 Å². The van der Waals surface area contributed by atoms with Crippen molar-refractivity contribution in [1.82, 2.24) is 9.80 Å². The van der Waals surface area contributed by atoms with E-state index in [0.29, 0.717) is 19.2 Å². The Labute approximate surface area is 126 Å². The van der Waals surface area contributed by atoms with Crippen LogP contribution in [0.3, 0.4) is 0 Å². The molecule has 0 saturated carbocycles. The van der Waals surface area contributed by atoms with Crippen molar-refractivity contribution in [3.8, 4) is 0 Å². The Hall–Kier alpha value is -1.39. The van der Waals surface area contributed by atoms with Gasteiger partial charge in [-0.3, -0.25) is 14.6 Å². The Balaban J connectivity index is 1.39. The number of ether oxygens (including phenoxy) is 1. The van der Waals surface area contributed by atoms with E-state index in [2.05, 4.69) is 9.80 Å². The summed E-state index contributed by atoms with van der Waals surface area (Å²) in [7, 11) is 0. The molecule has 1 aromatic rings. The Kier molecular flexibility index (Phi) is 4.88. The van der Waals surface area contributed by atoms with Crippen LogP contribution in [0.4, 0.5) is 0 Å². The zero-order valence-corrected chi connectivity index (χ0v) is 12.5. The number of likely N-dealkylation sites (tertiary alicyclic amines) is 2. The van der Waals surface area contributed by atoms with Gasteiger partial charge >= 0.3 is 5.97 Å². The van der Waals surface area contributed by atoms with Crippen molar-refractivity contribution in [3.05, 3.63) is 35.9 Å². The first-order valence-corrected chi connectivity index (χ1v) is 7.97. The smallest absolute Gasteiger partial charge is 0.320 e. The van der Waals surface area contributed by atoms with Crippen LogP contribution < -0.4 is 0 Å². The summed E-state index contributed by atoms with van der Waals surface area (Å²) < 4.78 is 5.36. The maximum Gasteiger partial charge on any atom is 0.320 e. The highest BCUT2D eigenvalue weighted by atomic mass is 16.5. The lowest BCUT2D eigenvalue weighted by molar-refractivity contribution is -0.146. The fourth-order valence-electron chi connectivity index (χ4n) is 3.33. The topological polar surface area (TPSA) is 32.8 Å². The molecule has 0 aromatic heterocycles. The highest BCUT2D eigenvalue weighted by molar-refractivity contribution is 5.71. The lowest BCUT2D eigenvalue weighted by Crippen LogP contribution is -2.36. The van der Waals surface area contributed by atoms with E-state index in [0.717, 1.165) is 18.7 Å². The van der Waals surface area contributed by atoms with Gasteiger partial charge in [-0.25, -0.2) is 0 Å². The van der Waals surface area contributed by atoms with Crippen LogP contribution in [0.25, 0.3) is 0 Å². The number of nitrogens with zero attached hydrogens (tertiary/aromatic N) is 2. The second kappa shape index (κ2) is 7.05. The van der Waals surface area contributed by atoms with Gasteiger partial charge in [0.1, 0.15) is 6.61 Å². The van der Waals surface area contributed by atoms with Crippen LogP contribution in [0.1, 0.15) is 24.8 Å². The Morgan fingerprint density at radius 3 is 2.67 bits per heavy atom. The Morgan fingerprint density at radius 1 is 1.14 bits per heavy atom. The van der Waals surface area contributed by atoms with Gasteiger partial charge in [-0.2, -0.15) is 0 Å². The van der Waals surface area contributed by atoms with Gasteiger partial charge in [0.2, 0.25) is 0 Å². The number of esters is 1. The lowest BCUT2D eigenvalue weighted by atomic mass is 10.2. The molecule has 0 bridgehead atoms. The Bertz CT molecular complexity index is 457. The largest absolute Gasteiger partial charge is 0.460 e. The minimum Gasteiger partial charge on any atom is -0.460 e. The summed E-state index contributed by atoms with van der Waals surface area (Å²) in [5.41, 5.74) is 1.04. The molecule has 2 aliphatic rings. The molecule has 114 valence electrons.